The van der Waals surface area contributed by atoms with Gasteiger partial charge in [-0.1, -0.05) is 0 Å². The molecule has 2 aromatic rings. The molecule has 1 aromatic carbocycles. The maximum atomic E-state index is 14.7. The number of halogens is 4. The molecule has 0 radical (unpaired) electrons. The van der Waals surface area contributed by atoms with Crippen molar-refractivity contribution in [1.29, 1.82) is 0 Å². The lowest BCUT2D eigenvalue weighted by Gasteiger charge is -2.31. The Labute approximate surface area is 186 Å². The number of thiazole rings is 1. The van der Waals surface area contributed by atoms with E-state index in [1.165, 1.54) is 5.38 Å². The fourth-order valence-corrected chi connectivity index (χ4v) is 5.14. The van der Waals surface area contributed by atoms with Gasteiger partial charge in [-0.05, 0) is 26.0 Å². The number of rotatable bonds is 6. The quantitative estimate of drug-likeness (QED) is 0.599. The molecule has 2 atom stereocenters. The molecule has 176 valence electrons. The molecule has 0 saturated carbocycles. The van der Waals surface area contributed by atoms with Gasteiger partial charge in [-0.2, -0.15) is 0 Å². The van der Waals surface area contributed by atoms with Gasteiger partial charge in [0.05, 0.1) is 24.5 Å². The number of carbonyl (C=O) groups excluding carboxylic acids is 1. The number of hydrogen-bond donors (Lipinski definition) is 2. The smallest absolute Gasteiger partial charge is 0.283 e. The van der Waals surface area contributed by atoms with Crippen molar-refractivity contribution in [2.45, 2.75) is 43.9 Å². The van der Waals surface area contributed by atoms with Crippen molar-refractivity contribution >= 4 is 27.3 Å². The Bertz CT molecular complexity index is 1110. The van der Waals surface area contributed by atoms with Crippen LogP contribution in [0.4, 0.5) is 17.6 Å². The fraction of sp³-hybridized carbons (Fsp3) is 0.474. The van der Waals surface area contributed by atoms with E-state index in [9.17, 15) is 35.9 Å². The summed E-state index contributed by atoms with van der Waals surface area (Å²) in [5.74, 6) is -6.24. The highest BCUT2D eigenvalue weighted by atomic mass is 32.2. The van der Waals surface area contributed by atoms with Gasteiger partial charge >= 0.3 is 0 Å². The van der Waals surface area contributed by atoms with Gasteiger partial charge in [0.1, 0.15) is 28.3 Å². The number of aromatic nitrogens is 1. The van der Waals surface area contributed by atoms with E-state index < -0.39 is 57.7 Å². The summed E-state index contributed by atoms with van der Waals surface area (Å²) >= 11 is 1.01. The number of alkyl halides is 2. The van der Waals surface area contributed by atoms with Crippen LogP contribution >= 0.6 is 11.3 Å². The summed E-state index contributed by atoms with van der Waals surface area (Å²) in [6.07, 6.45) is 0.443. The molecule has 2 unspecified atom stereocenters. The van der Waals surface area contributed by atoms with E-state index in [4.69, 9.17) is 0 Å². The van der Waals surface area contributed by atoms with Crippen LogP contribution < -0.4 is 4.72 Å². The average Bonchev–Trinajstić information content (AvgIpc) is 3.16. The summed E-state index contributed by atoms with van der Waals surface area (Å²) < 4.78 is 81.8. The van der Waals surface area contributed by atoms with E-state index in [0.29, 0.717) is 6.07 Å². The van der Waals surface area contributed by atoms with Crippen LogP contribution in [-0.2, 0) is 21.2 Å². The lowest BCUT2D eigenvalue weighted by atomic mass is 10.0. The summed E-state index contributed by atoms with van der Waals surface area (Å²) in [6.45, 7) is 1.18. The van der Waals surface area contributed by atoms with Crippen LogP contribution in [0, 0.1) is 11.6 Å². The monoisotopic (exact) mass is 495 g/mol. The van der Waals surface area contributed by atoms with E-state index in [2.05, 4.69) is 4.98 Å². The highest BCUT2D eigenvalue weighted by Gasteiger charge is 2.58. The number of nitrogens with zero attached hydrogens (tertiary/aromatic N) is 2. The standard InChI is InChI=1S/C19H21F4N3O4S2/c1-18(2,28)17(27)26-9-19(22,23)15(25-32(3,29)30)14(26)7-13-8-31-16(24-13)10-4-11(20)6-12(21)5-10/h4-6,8,14-15,25,28H,7,9H2,1-3H3. The number of carbonyl (C=O) groups is 1. The molecule has 3 rings (SSSR count). The first-order valence-corrected chi connectivity index (χ1v) is 12.1. The van der Waals surface area contributed by atoms with Gasteiger partial charge in [0.25, 0.3) is 11.8 Å². The summed E-state index contributed by atoms with van der Waals surface area (Å²) in [5, 5.41) is 11.8. The number of sulfonamides is 1. The fourth-order valence-electron chi connectivity index (χ4n) is 3.53. The minimum atomic E-state index is -4.07. The number of benzene rings is 1. The summed E-state index contributed by atoms with van der Waals surface area (Å²) in [7, 11) is -4.07. The van der Waals surface area contributed by atoms with E-state index in [-0.39, 0.29) is 22.7 Å². The second-order valence-corrected chi connectivity index (χ2v) is 10.8. The highest BCUT2D eigenvalue weighted by molar-refractivity contribution is 7.88. The highest BCUT2D eigenvalue weighted by Crippen LogP contribution is 2.37. The number of likely N-dealkylation sites (tertiary alicyclic amines) is 1. The van der Waals surface area contributed by atoms with Gasteiger partial charge in [-0.25, -0.2) is 35.7 Å². The van der Waals surface area contributed by atoms with Crippen LogP contribution in [-0.4, -0.2) is 65.7 Å². The maximum absolute atomic E-state index is 14.7. The third kappa shape index (κ3) is 5.45. The van der Waals surface area contributed by atoms with Crippen molar-refractivity contribution in [3.63, 3.8) is 0 Å². The molecule has 7 nitrogen and oxygen atoms in total. The molecular weight excluding hydrogens is 474 g/mol. The SMILES string of the molecule is CC(C)(O)C(=O)N1CC(F)(F)C(NS(C)(=O)=O)C1Cc1csc(-c2cc(F)cc(F)c2)n1. The van der Waals surface area contributed by atoms with Crippen LogP contribution in [0.3, 0.4) is 0 Å². The molecule has 32 heavy (non-hydrogen) atoms. The Morgan fingerprint density at radius 1 is 1.31 bits per heavy atom. The number of hydrogen-bond acceptors (Lipinski definition) is 6. The second-order valence-electron chi connectivity index (χ2n) is 8.19. The molecule has 13 heteroatoms. The van der Waals surface area contributed by atoms with Gasteiger partial charge in [0, 0.05) is 23.4 Å². The lowest BCUT2D eigenvalue weighted by molar-refractivity contribution is -0.149. The summed E-state index contributed by atoms with van der Waals surface area (Å²) in [6, 6.07) is -0.500. The third-order valence-corrected chi connectivity index (χ3v) is 6.45. The zero-order valence-corrected chi connectivity index (χ0v) is 18.9. The Morgan fingerprint density at radius 3 is 2.44 bits per heavy atom. The third-order valence-electron chi connectivity index (χ3n) is 4.83. The Hall–Kier alpha value is -2.09. The molecule has 1 aliphatic heterocycles. The topological polar surface area (TPSA) is 99.6 Å². The molecule has 2 N–H and O–H groups in total. The average molecular weight is 496 g/mol. The Kier molecular flexibility index (Phi) is 6.41. The Morgan fingerprint density at radius 2 is 1.91 bits per heavy atom. The number of amides is 1. The van der Waals surface area contributed by atoms with Gasteiger partial charge < -0.3 is 10.0 Å². The van der Waals surface area contributed by atoms with Crippen LogP contribution in [0.1, 0.15) is 19.5 Å². The normalized spacial score (nSPS) is 21.2. The molecule has 0 spiro atoms. The summed E-state index contributed by atoms with van der Waals surface area (Å²) in [5.41, 5.74) is -1.61. The predicted molar refractivity (Wildman–Crippen MR) is 110 cm³/mol. The van der Waals surface area contributed by atoms with Crippen LogP contribution in [0.15, 0.2) is 23.6 Å². The zero-order valence-electron chi connectivity index (χ0n) is 17.3. The molecular formula is C19H21F4N3O4S2. The molecule has 1 amide bonds. The first-order chi connectivity index (χ1) is 14.6. The number of aliphatic hydroxyl groups is 1. The number of nitrogens with one attached hydrogen (secondary N) is 1. The van der Waals surface area contributed by atoms with E-state index >= 15 is 0 Å². The molecule has 1 aromatic heterocycles. The van der Waals surface area contributed by atoms with Crippen LogP contribution in [0.25, 0.3) is 10.6 Å². The molecule has 0 bridgehead atoms. The van der Waals surface area contributed by atoms with Gasteiger partial charge in [-0.15, -0.1) is 11.3 Å². The molecule has 2 heterocycles. The van der Waals surface area contributed by atoms with Crippen molar-refractivity contribution in [1.82, 2.24) is 14.6 Å². The lowest BCUT2D eigenvalue weighted by Crippen LogP contribution is -2.54. The molecule has 1 fully saturated rings. The van der Waals surface area contributed by atoms with E-state index in [1.807, 2.05) is 4.72 Å². The largest absolute Gasteiger partial charge is 0.381 e. The first kappa shape index (κ1) is 24.6. The molecule has 1 saturated heterocycles. The van der Waals surface area contributed by atoms with Crippen molar-refractivity contribution < 1.29 is 35.9 Å². The van der Waals surface area contributed by atoms with Crippen LogP contribution in [0.5, 0.6) is 0 Å². The minimum Gasteiger partial charge on any atom is -0.381 e. The van der Waals surface area contributed by atoms with Crippen LogP contribution in [0.2, 0.25) is 0 Å². The van der Waals surface area contributed by atoms with Crippen molar-refractivity contribution in [3.8, 4) is 10.6 Å². The Balaban J connectivity index is 1.97. The summed E-state index contributed by atoms with van der Waals surface area (Å²) in [4.78, 5) is 17.6. The predicted octanol–water partition coefficient (Wildman–Crippen LogP) is 2.17. The van der Waals surface area contributed by atoms with Gasteiger partial charge in [0.15, 0.2) is 0 Å². The van der Waals surface area contributed by atoms with Crippen molar-refractivity contribution in [3.05, 3.63) is 40.9 Å². The van der Waals surface area contributed by atoms with Gasteiger partial charge in [0.2, 0.25) is 10.0 Å². The maximum Gasteiger partial charge on any atom is 0.283 e. The molecule has 1 aliphatic rings. The van der Waals surface area contributed by atoms with Gasteiger partial charge in [-0.3, -0.25) is 4.79 Å². The van der Waals surface area contributed by atoms with Crippen molar-refractivity contribution in [2.24, 2.45) is 0 Å². The van der Waals surface area contributed by atoms with Crippen molar-refractivity contribution in [2.75, 3.05) is 12.8 Å². The molecule has 0 aliphatic carbocycles. The van der Waals surface area contributed by atoms with E-state index in [1.54, 1.807) is 0 Å². The second kappa shape index (κ2) is 8.36. The minimum absolute atomic E-state index is 0.144. The van der Waals surface area contributed by atoms with E-state index in [0.717, 1.165) is 48.5 Å². The first-order valence-electron chi connectivity index (χ1n) is 9.36. The zero-order chi connectivity index (χ0) is 24.1.